The van der Waals surface area contributed by atoms with E-state index in [4.69, 9.17) is 16.3 Å². The Hall–Kier alpha value is -0.930. The molecular formula is C14H21ClN2O. The lowest BCUT2D eigenvalue weighted by Gasteiger charge is -2.34. The highest BCUT2D eigenvalue weighted by Crippen LogP contribution is 2.30. The molecule has 0 spiro atoms. The van der Waals surface area contributed by atoms with Crippen LogP contribution in [0.15, 0.2) is 18.2 Å². The van der Waals surface area contributed by atoms with Crippen molar-refractivity contribution in [1.82, 2.24) is 5.32 Å². The third-order valence-electron chi connectivity index (χ3n) is 3.49. The van der Waals surface area contributed by atoms with E-state index in [9.17, 15) is 0 Å². The molecule has 1 heterocycles. The molecule has 0 radical (unpaired) electrons. The molecule has 1 fully saturated rings. The second-order valence-corrected chi connectivity index (χ2v) is 5.05. The van der Waals surface area contributed by atoms with Crippen LogP contribution in [0.3, 0.4) is 0 Å². The summed E-state index contributed by atoms with van der Waals surface area (Å²) in [5, 5.41) is 4.19. The Balaban J connectivity index is 2.01. The van der Waals surface area contributed by atoms with Crippen LogP contribution in [0.25, 0.3) is 0 Å². The third-order valence-corrected chi connectivity index (χ3v) is 3.80. The summed E-state index contributed by atoms with van der Waals surface area (Å²) in [6.07, 6.45) is 2.39. The lowest BCUT2D eigenvalue weighted by atomic mass is 10.0. The molecule has 0 bridgehead atoms. The van der Waals surface area contributed by atoms with E-state index in [0.717, 1.165) is 25.4 Å². The molecule has 0 unspecified atom stereocenters. The molecule has 0 aliphatic carbocycles. The van der Waals surface area contributed by atoms with E-state index in [1.165, 1.54) is 18.5 Å². The molecule has 0 amide bonds. The molecule has 0 aromatic heterocycles. The van der Waals surface area contributed by atoms with Crippen molar-refractivity contribution in [2.24, 2.45) is 0 Å². The minimum Gasteiger partial charge on any atom is -0.495 e. The van der Waals surface area contributed by atoms with E-state index in [1.54, 1.807) is 7.11 Å². The number of ether oxygens (including phenoxy) is 1. The molecule has 18 heavy (non-hydrogen) atoms. The van der Waals surface area contributed by atoms with Gasteiger partial charge in [0.1, 0.15) is 5.75 Å². The summed E-state index contributed by atoms with van der Waals surface area (Å²) in [5.74, 6) is 0.753. The number of nitrogens with one attached hydrogen (secondary N) is 1. The molecule has 2 rings (SSSR count). The molecule has 3 nitrogen and oxygen atoms in total. The Kier molecular flexibility index (Phi) is 4.72. The number of hydrogen-bond donors (Lipinski definition) is 1. The molecule has 1 saturated heterocycles. The van der Waals surface area contributed by atoms with E-state index >= 15 is 0 Å². The Morgan fingerprint density at radius 3 is 2.72 bits per heavy atom. The zero-order valence-electron chi connectivity index (χ0n) is 11.1. The van der Waals surface area contributed by atoms with Gasteiger partial charge in [0, 0.05) is 30.9 Å². The maximum absolute atomic E-state index is 6.05. The van der Waals surface area contributed by atoms with Crippen molar-refractivity contribution in [2.45, 2.75) is 25.8 Å². The number of hydrogen-bond acceptors (Lipinski definition) is 3. The predicted octanol–water partition coefficient (Wildman–Crippen LogP) is 2.93. The molecule has 1 aromatic rings. The number of benzene rings is 1. The van der Waals surface area contributed by atoms with Crippen molar-refractivity contribution in [3.8, 4) is 5.75 Å². The van der Waals surface area contributed by atoms with Gasteiger partial charge >= 0.3 is 0 Å². The van der Waals surface area contributed by atoms with E-state index < -0.39 is 0 Å². The van der Waals surface area contributed by atoms with Crippen molar-refractivity contribution in [2.75, 3.05) is 31.6 Å². The monoisotopic (exact) mass is 268 g/mol. The first kappa shape index (κ1) is 13.5. The van der Waals surface area contributed by atoms with Crippen LogP contribution in [0.2, 0.25) is 5.02 Å². The first-order valence-electron chi connectivity index (χ1n) is 6.56. The highest BCUT2D eigenvalue weighted by atomic mass is 35.5. The molecular weight excluding hydrogens is 248 g/mol. The summed E-state index contributed by atoms with van der Waals surface area (Å²) in [4.78, 5) is 2.40. The van der Waals surface area contributed by atoms with Crippen LogP contribution in [0.1, 0.15) is 19.8 Å². The summed E-state index contributed by atoms with van der Waals surface area (Å²) in [7, 11) is 1.66. The molecule has 1 aromatic carbocycles. The molecule has 0 saturated carbocycles. The molecule has 0 atom stereocenters. The van der Waals surface area contributed by atoms with Gasteiger partial charge in [-0.05, 0) is 31.5 Å². The number of methoxy groups -OCH3 is 1. The smallest absolute Gasteiger partial charge is 0.139 e. The van der Waals surface area contributed by atoms with Crippen LogP contribution < -0.4 is 15.0 Å². The lowest BCUT2D eigenvalue weighted by molar-refractivity contribution is 0.412. The fourth-order valence-electron chi connectivity index (χ4n) is 2.48. The Labute approximate surface area is 114 Å². The SMILES string of the molecule is CCNC1CCN(c2ccc(Cl)c(OC)c2)CC1. The quantitative estimate of drug-likeness (QED) is 0.909. The second-order valence-electron chi connectivity index (χ2n) is 4.64. The van der Waals surface area contributed by atoms with Gasteiger partial charge in [-0.1, -0.05) is 18.5 Å². The fourth-order valence-corrected chi connectivity index (χ4v) is 2.67. The van der Waals surface area contributed by atoms with E-state index in [-0.39, 0.29) is 0 Å². The van der Waals surface area contributed by atoms with Crippen molar-refractivity contribution in [3.63, 3.8) is 0 Å². The van der Waals surface area contributed by atoms with Crippen molar-refractivity contribution in [1.29, 1.82) is 0 Å². The summed E-state index contributed by atoms with van der Waals surface area (Å²) in [5.41, 5.74) is 1.20. The average molecular weight is 269 g/mol. The average Bonchev–Trinajstić information content (AvgIpc) is 2.41. The fraction of sp³-hybridized carbons (Fsp3) is 0.571. The highest BCUT2D eigenvalue weighted by Gasteiger charge is 2.19. The van der Waals surface area contributed by atoms with Gasteiger partial charge in [0.25, 0.3) is 0 Å². The van der Waals surface area contributed by atoms with Gasteiger partial charge in [-0.25, -0.2) is 0 Å². The first-order valence-corrected chi connectivity index (χ1v) is 6.94. The zero-order valence-corrected chi connectivity index (χ0v) is 11.8. The van der Waals surface area contributed by atoms with Gasteiger partial charge in [-0.15, -0.1) is 0 Å². The standard InChI is InChI=1S/C14H21ClN2O/c1-3-16-11-6-8-17(9-7-11)12-4-5-13(15)14(10-12)18-2/h4-5,10-11,16H,3,6-9H2,1-2H3. The summed E-state index contributed by atoms with van der Waals surface area (Å²) in [6.45, 7) is 5.39. The number of rotatable bonds is 4. The summed E-state index contributed by atoms with van der Waals surface area (Å²) in [6, 6.07) is 6.67. The van der Waals surface area contributed by atoms with Crippen molar-refractivity contribution < 1.29 is 4.74 Å². The van der Waals surface area contributed by atoms with E-state index in [2.05, 4.69) is 23.2 Å². The minimum absolute atomic E-state index is 0.667. The summed E-state index contributed by atoms with van der Waals surface area (Å²) >= 11 is 6.05. The molecule has 1 aliphatic rings. The van der Waals surface area contributed by atoms with Crippen LogP contribution >= 0.6 is 11.6 Å². The first-order chi connectivity index (χ1) is 8.74. The molecule has 1 N–H and O–H groups in total. The second kappa shape index (κ2) is 6.30. The van der Waals surface area contributed by atoms with Gasteiger partial charge in [0.2, 0.25) is 0 Å². The predicted molar refractivity (Wildman–Crippen MR) is 76.9 cm³/mol. The van der Waals surface area contributed by atoms with Crippen molar-refractivity contribution >= 4 is 17.3 Å². The lowest BCUT2D eigenvalue weighted by Crippen LogP contribution is -2.42. The van der Waals surface area contributed by atoms with Gasteiger partial charge in [0.15, 0.2) is 0 Å². The number of anilines is 1. The normalized spacial score (nSPS) is 16.9. The van der Waals surface area contributed by atoms with Crippen LogP contribution in [0.5, 0.6) is 5.75 Å². The van der Waals surface area contributed by atoms with Crippen LogP contribution in [0, 0.1) is 0 Å². The molecule has 1 aliphatic heterocycles. The van der Waals surface area contributed by atoms with E-state index in [1.807, 2.05) is 12.1 Å². The zero-order chi connectivity index (χ0) is 13.0. The van der Waals surface area contributed by atoms with Gasteiger partial charge in [-0.2, -0.15) is 0 Å². The Bertz CT molecular complexity index is 389. The molecule has 4 heteroatoms. The number of nitrogens with zero attached hydrogens (tertiary/aromatic N) is 1. The number of halogens is 1. The topological polar surface area (TPSA) is 24.5 Å². The highest BCUT2D eigenvalue weighted by molar-refractivity contribution is 6.32. The van der Waals surface area contributed by atoms with Crippen LogP contribution in [-0.4, -0.2) is 32.8 Å². The largest absolute Gasteiger partial charge is 0.495 e. The minimum atomic E-state index is 0.667. The number of piperidine rings is 1. The van der Waals surface area contributed by atoms with Crippen LogP contribution in [-0.2, 0) is 0 Å². The van der Waals surface area contributed by atoms with Gasteiger partial charge in [0.05, 0.1) is 12.1 Å². The molecule has 100 valence electrons. The Morgan fingerprint density at radius 2 is 2.11 bits per heavy atom. The Morgan fingerprint density at radius 1 is 1.39 bits per heavy atom. The summed E-state index contributed by atoms with van der Waals surface area (Å²) < 4.78 is 5.27. The van der Waals surface area contributed by atoms with Gasteiger partial charge < -0.3 is 15.0 Å². The van der Waals surface area contributed by atoms with Crippen LogP contribution in [0.4, 0.5) is 5.69 Å². The van der Waals surface area contributed by atoms with Crippen molar-refractivity contribution in [3.05, 3.63) is 23.2 Å². The van der Waals surface area contributed by atoms with E-state index in [0.29, 0.717) is 11.1 Å². The third kappa shape index (κ3) is 3.09. The van der Waals surface area contributed by atoms with Gasteiger partial charge in [-0.3, -0.25) is 0 Å². The maximum Gasteiger partial charge on any atom is 0.139 e. The maximum atomic E-state index is 6.05.